The van der Waals surface area contributed by atoms with Gasteiger partial charge in [-0.1, -0.05) is 29.8 Å². The van der Waals surface area contributed by atoms with Crippen LogP contribution in [-0.4, -0.2) is 11.7 Å². The molecule has 1 aromatic heterocycles. The van der Waals surface area contributed by atoms with Crippen molar-refractivity contribution in [3.63, 3.8) is 0 Å². The van der Waals surface area contributed by atoms with Gasteiger partial charge in [-0.25, -0.2) is 0 Å². The minimum atomic E-state index is -0.134. The predicted octanol–water partition coefficient (Wildman–Crippen LogP) is 4.85. The third kappa shape index (κ3) is 3.60. The maximum absolute atomic E-state index is 12.4. The molecule has 0 unspecified atom stereocenters. The van der Waals surface area contributed by atoms with Gasteiger partial charge in [0, 0.05) is 16.8 Å². The van der Waals surface area contributed by atoms with Gasteiger partial charge >= 0.3 is 0 Å². The molecular formula is C20H17NO2S. The van der Waals surface area contributed by atoms with Crippen LogP contribution in [0.2, 0.25) is 0 Å². The summed E-state index contributed by atoms with van der Waals surface area (Å²) >= 11 is 1.42. The van der Waals surface area contributed by atoms with Crippen LogP contribution in [0.3, 0.4) is 0 Å². The normalized spacial score (nSPS) is 10.4. The monoisotopic (exact) mass is 335 g/mol. The topological polar surface area (TPSA) is 46.2 Å². The molecule has 1 heterocycles. The first kappa shape index (κ1) is 16.1. The molecule has 3 rings (SSSR count). The Hall–Kier alpha value is -2.72. The third-order valence-corrected chi connectivity index (χ3v) is 4.72. The van der Waals surface area contributed by atoms with Gasteiger partial charge in [-0.15, -0.1) is 11.3 Å². The Morgan fingerprint density at radius 2 is 1.42 bits per heavy atom. The molecule has 0 radical (unpaired) electrons. The molecule has 0 aliphatic rings. The second-order valence-electron chi connectivity index (χ2n) is 5.71. The maximum atomic E-state index is 12.4. The van der Waals surface area contributed by atoms with Crippen LogP contribution in [0, 0.1) is 13.8 Å². The van der Waals surface area contributed by atoms with E-state index in [0.29, 0.717) is 21.7 Å². The van der Waals surface area contributed by atoms with Crippen LogP contribution in [-0.2, 0) is 0 Å². The van der Waals surface area contributed by atoms with E-state index >= 15 is 0 Å². The van der Waals surface area contributed by atoms with Gasteiger partial charge in [0.25, 0.3) is 5.91 Å². The number of anilines is 1. The molecule has 0 atom stereocenters. The van der Waals surface area contributed by atoms with Crippen LogP contribution < -0.4 is 5.32 Å². The zero-order chi connectivity index (χ0) is 17.1. The van der Waals surface area contributed by atoms with Gasteiger partial charge < -0.3 is 5.32 Å². The lowest BCUT2D eigenvalue weighted by Crippen LogP contribution is -2.10. The average molecular weight is 335 g/mol. The van der Waals surface area contributed by atoms with E-state index in [0.717, 1.165) is 11.1 Å². The fourth-order valence-electron chi connectivity index (χ4n) is 2.32. The molecular weight excluding hydrogens is 318 g/mol. The zero-order valence-corrected chi connectivity index (χ0v) is 14.3. The molecule has 3 aromatic rings. The molecule has 3 nitrogen and oxygen atoms in total. The Morgan fingerprint density at radius 3 is 1.96 bits per heavy atom. The molecule has 0 aliphatic heterocycles. The number of thiophene rings is 1. The molecule has 0 bridgehead atoms. The van der Waals surface area contributed by atoms with E-state index in [1.807, 2.05) is 49.6 Å². The van der Waals surface area contributed by atoms with Crippen molar-refractivity contribution in [1.29, 1.82) is 0 Å². The van der Waals surface area contributed by atoms with E-state index in [4.69, 9.17) is 0 Å². The number of carbonyl (C=O) groups excluding carboxylic acids is 2. The molecule has 0 saturated heterocycles. The Morgan fingerprint density at radius 1 is 0.833 bits per heavy atom. The van der Waals surface area contributed by atoms with Gasteiger partial charge in [-0.2, -0.15) is 0 Å². The summed E-state index contributed by atoms with van der Waals surface area (Å²) in [7, 11) is 0. The van der Waals surface area contributed by atoms with Crippen LogP contribution in [0.5, 0.6) is 0 Å². The fraction of sp³-hybridized carbons (Fsp3) is 0.100. The van der Waals surface area contributed by atoms with Gasteiger partial charge in [-0.3, -0.25) is 9.59 Å². The van der Waals surface area contributed by atoms with Crippen molar-refractivity contribution in [1.82, 2.24) is 0 Å². The summed E-state index contributed by atoms with van der Waals surface area (Å²) in [6.07, 6.45) is 0. The van der Waals surface area contributed by atoms with Crippen LogP contribution in [0.25, 0.3) is 0 Å². The van der Waals surface area contributed by atoms with Crippen molar-refractivity contribution in [2.75, 3.05) is 5.32 Å². The second kappa shape index (κ2) is 6.81. The van der Waals surface area contributed by atoms with Gasteiger partial charge in [0.15, 0.2) is 5.78 Å². The van der Waals surface area contributed by atoms with Crippen molar-refractivity contribution in [2.45, 2.75) is 13.8 Å². The Labute approximate surface area is 145 Å². The van der Waals surface area contributed by atoms with E-state index in [1.165, 1.54) is 11.3 Å². The summed E-state index contributed by atoms with van der Waals surface area (Å²) < 4.78 is 0. The van der Waals surface area contributed by atoms with Crippen LogP contribution in [0.4, 0.5) is 5.69 Å². The smallest absolute Gasteiger partial charge is 0.265 e. The summed E-state index contributed by atoms with van der Waals surface area (Å²) in [5, 5.41) is 4.79. The number of rotatable bonds is 4. The lowest BCUT2D eigenvalue weighted by Gasteiger charge is -2.06. The van der Waals surface area contributed by atoms with Crippen LogP contribution in [0.1, 0.15) is 36.7 Å². The zero-order valence-electron chi connectivity index (χ0n) is 13.5. The largest absolute Gasteiger partial charge is 0.321 e. The molecule has 1 amide bonds. The van der Waals surface area contributed by atoms with Gasteiger partial charge in [0.2, 0.25) is 0 Å². The highest BCUT2D eigenvalue weighted by Crippen LogP contribution is 2.18. The number of aryl methyl sites for hydroxylation is 2. The van der Waals surface area contributed by atoms with Crippen LogP contribution in [0.15, 0.2) is 60.0 Å². The van der Waals surface area contributed by atoms with E-state index in [9.17, 15) is 9.59 Å². The van der Waals surface area contributed by atoms with Crippen molar-refractivity contribution in [2.24, 2.45) is 0 Å². The van der Waals surface area contributed by atoms with E-state index in [2.05, 4.69) is 5.32 Å². The predicted molar refractivity (Wildman–Crippen MR) is 98.1 cm³/mol. The van der Waals surface area contributed by atoms with Gasteiger partial charge in [-0.05, 0) is 55.1 Å². The summed E-state index contributed by atoms with van der Waals surface area (Å²) in [5.41, 5.74) is 4.12. The highest BCUT2D eigenvalue weighted by molar-refractivity contribution is 7.12. The summed E-state index contributed by atoms with van der Waals surface area (Å²) in [6.45, 7) is 3.94. The number of hydrogen-bond acceptors (Lipinski definition) is 3. The van der Waals surface area contributed by atoms with E-state index in [1.54, 1.807) is 24.3 Å². The molecule has 1 N–H and O–H groups in total. The summed E-state index contributed by atoms with van der Waals surface area (Å²) in [4.78, 5) is 25.2. The lowest BCUT2D eigenvalue weighted by atomic mass is 10.0. The number of ketones is 1. The Balaban J connectivity index is 1.72. The third-order valence-electron chi connectivity index (χ3n) is 3.67. The van der Waals surface area contributed by atoms with Crippen molar-refractivity contribution in [3.05, 3.63) is 87.1 Å². The highest BCUT2D eigenvalue weighted by Gasteiger charge is 2.11. The first-order valence-corrected chi connectivity index (χ1v) is 8.49. The number of benzene rings is 2. The molecule has 0 spiro atoms. The number of nitrogens with one attached hydrogen (secondary N) is 1. The molecule has 0 fully saturated rings. The number of amides is 1. The molecule has 120 valence electrons. The summed E-state index contributed by atoms with van der Waals surface area (Å²) in [6, 6.07) is 16.3. The Kier molecular flexibility index (Phi) is 4.58. The quantitative estimate of drug-likeness (QED) is 0.693. The molecule has 2 aromatic carbocycles. The molecule has 4 heteroatoms. The van der Waals surface area contributed by atoms with E-state index < -0.39 is 0 Å². The molecule has 0 aliphatic carbocycles. The standard InChI is InChI=1S/C20H17NO2S/c1-13-3-5-15(6-4-13)19(22)16-7-9-17(10-8-16)21-20(23)18-11-14(2)12-24-18/h3-12H,1-2H3,(H,21,23). The molecule has 24 heavy (non-hydrogen) atoms. The average Bonchev–Trinajstić information content (AvgIpc) is 3.02. The lowest BCUT2D eigenvalue weighted by molar-refractivity contribution is 0.102. The fourth-order valence-corrected chi connectivity index (χ4v) is 3.11. The molecule has 0 saturated carbocycles. The van der Waals surface area contributed by atoms with Crippen molar-refractivity contribution in [3.8, 4) is 0 Å². The van der Waals surface area contributed by atoms with Crippen molar-refractivity contribution >= 4 is 28.7 Å². The van der Waals surface area contributed by atoms with Crippen LogP contribution >= 0.6 is 11.3 Å². The Bertz CT molecular complexity index is 877. The first-order chi connectivity index (χ1) is 11.5. The number of carbonyl (C=O) groups is 2. The SMILES string of the molecule is Cc1ccc(C(=O)c2ccc(NC(=O)c3cc(C)cs3)cc2)cc1. The van der Waals surface area contributed by atoms with E-state index in [-0.39, 0.29) is 11.7 Å². The van der Waals surface area contributed by atoms with Gasteiger partial charge in [0.05, 0.1) is 4.88 Å². The second-order valence-corrected chi connectivity index (χ2v) is 6.63. The first-order valence-electron chi connectivity index (χ1n) is 7.61. The minimum Gasteiger partial charge on any atom is -0.321 e. The maximum Gasteiger partial charge on any atom is 0.265 e. The van der Waals surface area contributed by atoms with Gasteiger partial charge in [0.1, 0.15) is 0 Å². The highest BCUT2D eigenvalue weighted by atomic mass is 32.1. The minimum absolute atomic E-state index is 0.0261. The summed E-state index contributed by atoms with van der Waals surface area (Å²) in [5.74, 6) is -0.160. The van der Waals surface area contributed by atoms with Crippen molar-refractivity contribution < 1.29 is 9.59 Å². The number of hydrogen-bond donors (Lipinski definition) is 1.